The van der Waals surface area contributed by atoms with Gasteiger partial charge < -0.3 is 10.2 Å². The van der Waals surface area contributed by atoms with E-state index in [2.05, 4.69) is 10.4 Å². The highest BCUT2D eigenvalue weighted by Gasteiger charge is 2.07. The van der Waals surface area contributed by atoms with Gasteiger partial charge in [-0.3, -0.25) is 5.84 Å². The maximum absolute atomic E-state index is 5.47. The van der Waals surface area contributed by atoms with E-state index in [1.54, 1.807) is 7.11 Å². The Kier molecular flexibility index (Phi) is 2.92. The molecule has 1 aromatic heterocycles. The van der Waals surface area contributed by atoms with Gasteiger partial charge in [0.15, 0.2) is 0 Å². The van der Waals surface area contributed by atoms with Crippen LogP contribution in [0.25, 0.3) is 10.9 Å². The van der Waals surface area contributed by atoms with Crippen molar-refractivity contribution >= 4 is 16.6 Å². The van der Waals surface area contributed by atoms with E-state index >= 15 is 0 Å². The Hall–Kier alpha value is -1.81. The van der Waals surface area contributed by atoms with Gasteiger partial charge in [0, 0.05) is 5.39 Å². The molecule has 84 valence electrons. The SMILES string of the molecule is CCc1nc2c(OC)cccc2cc1NN. The van der Waals surface area contributed by atoms with E-state index in [1.807, 2.05) is 31.2 Å². The van der Waals surface area contributed by atoms with Crippen LogP contribution in [0.2, 0.25) is 0 Å². The number of nitrogen functional groups attached to an aromatic ring is 1. The van der Waals surface area contributed by atoms with Gasteiger partial charge >= 0.3 is 0 Å². The van der Waals surface area contributed by atoms with Gasteiger partial charge in [-0.2, -0.15) is 0 Å². The maximum atomic E-state index is 5.47. The molecule has 0 radical (unpaired) electrons. The van der Waals surface area contributed by atoms with Crippen molar-refractivity contribution < 1.29 is 4.74 Å². The number of pyridine rings is 1. The highest BCUT2D eigenvalue weighted by Crippen LogP contribution is 2.27. The Morgan fingerprint density at radius 2 is 2.25 bits per heavy atom. The summed E-state index contributed by atoms with van der Waals surface area (Å²) in [6, 6.07) is 7.83. The van der Waals surface area contributed by atoms with Crippen LogP contribution in [0.4, 0.5) is 5.69 Å². The first-order valence-corrected chi connectivity index (χ1v) is 5.23. The van der Waals surface area contributed by atoms with Gasteiger partial charge in [-0.05, 0) is 18.6 Å². The number of rotatable bonds is 3. The van der Waals surface area contributed by atoms with Crippen LogP contribution < -0.4 is 16.0 Å². The van der Waals surface area contributed by atoms with Gasteiger partial charge in [0.2, 0.25) is 0 Å². The first kappa shape index (κ1) is 10.7. The summed E-state index contributed by atoms with van der Waals surface area (Å²) in [6.07, 6.45) is 0.827. The van der Waals surface area contributed by atoms with Gasteiger partial charge in [-0.25, -0.2) is 4.98 Å². The average molecular weight is 217 g/mol. The molecule has 0 bridgehead atoms. The van der Waals surface area contributed by atoms with Crippen molar-refractivity contribution in [3.05, 3.63) is 30.0 Å². The molecule has 0 saturated carbocycles. The van der Waals surface area contributed by atoms with Gasteiger partial charge in [0.1, 0.15) is 11.3 Å². The number of anilines is 1. The van der Waals surface area contributed by atoms with Crippen LogP contribution in [0.1, 0.15) is 12.6 Å². The van der Waals surface area contributed by atoms with E-state index < -0.39 is 0 Å². The highest BCUT2D eigenvalue weighted by molar-refractivity contribution is 5.87. The van der Waals surface area contributed by atoms with Crippen LogP contribution in [0.3, 0.4) is 0 Å². The van der Waals surface area contributed by atoms with Crippen LogP contribution in [0.5, 0.6) is 5.75 Å². The molecule has 4 heteroatoms. The van der Waals surface area contributed by atoms with Crippen molar-refractivity contribution in [2.45, 2.75) is 13.3 Å². The lowest BCUT2D eigenvalue weighted by Crippen LogP contribution is -2.10. The number of nitrogens with two attached hydrogens (primary N) is 1. The van der Waals surface area contributed by atoms with E-state index in [4.69, 9.17) is 10.6 Å². The summed E-state index contributed by atoms with van der Waals surface area (Å²) in [5, 5.41) is 1.02. The van der Waals surface area contributed by atoms with Crippen molar-refractivity contribution in [1.82, 2.24) is 4.98 Å². The van der Waals surface area contributed by atoms with E-state index in [9.17, 15) is 0 Å². The van der Waals surface area contributed by atoms with Crippen molar-refractivity contribution in [3.63, 3.8) is 0 Å². The number of nitrogens with one attached hydrogen (secondary N) is 1. The van der Waals surface area contributed by atoms with Crippen molar-refractivity contribution in [3.8, 4) is 5.75 Å². The van der Waals surface area contributed by atoms with Crippen LogP contribution in [0.15, 0.2) is 24.3 Å². The molecule has 0 aliphatic carbocycles. The number of nitrogens with zero attached hydrogens (tertiary/aromatic N) is 1. The third kappa shape index (κ3) is 1.67. The predicted octanol–water partition coefficient (Wildman–Crippen LogP) is 2.09. The van der Waals surface area contributed by atoms with Crippen molar-refractivity contribution in [1.29, 1.82) is 0 Å². The number of hydrogen-bond acceptors (Lipinski definition) is 4. The second-order valence-electron chi connectivity index (χ2n) is 3.51. The highest BCUT2D eigenvalue weighted by atomic mass is 16.5. The minimum Gasteiger partial charge on any atom is -0.494 e. The lowest BCUT2D eigenvalue weighted by atomic mass is 10.1. The zero-order chi connectivity index (χ0) is 11.5. The zero-order valence-corrected chi connectivity index (χ0v) is 9.45. The monoisotopic (exact) mass is 217 g/mol. The van der Waals surface area contributed by atoms with Crippen molar-refractivity contribution in [2.24, 2.45) is 5.84 Å². The largest absolute Gasteiger partial charge is 0.494 e. The molecule has 0 unspecified atom stereocenters. The fourth-order valence-corrected chi connectivity index (χ4v) is 1.77. The molecule has 2 rings (SSSR count). The average Bonchev–Trinajstić information content (AvgIpc) is 2.36. The molecular formula is C12H15N3O. The molecule has 0 fully saturated rings. The number of benzene rings is 1. The van der Waals surface area contributed by atoms with Gasteiger partial charge in [-0.15, -0.1) is 0 Å². The van der Waals surface area contributed by atoms with Gasteiger partial charge in [-0.1, -0.05) is 19.1 Å². The number of aryl methyl sites for hydroxylation is 1. The third-order valence-electron chi connectivity index (χ3n) is 2.60. The molecule has 1 heterocycles. The molecule has 2 aromatic rings. The van der Waals surface area contributed by atoms with Crippen molar-refractivity contribution in [2.75, 3.05) is 12.5 Å². The maximum Gasteiger partial charge on any atom is 0.145 e. The van der Waals surface area contributed by atoms with E-state index in [0.29, 0.717) is 0 Å². The lowest BCUT2D eigenvalue weighted by Gasteiger charge is -2.10. The molecule has 4 nitrogen and oxygen atoms in total. The minimum atomic E-state index is 0.788. The molecule has 3 N–H and O–H groups in total. The Labute approximate surface area is 94.4 Å². The predicted molar refractivity (Wildman–Crippen MR) is 65.5 cm³/mol. The molecular weight excluding hydrogens is 202 g/mol. The van der Waals surface area contributed by atoms with Crippen LogP contribution in [-0.2, 0) is 6.42 Å². The smallest absolute Gasteiger partial charge is 0.145 e. The second kappa shape index (κ2) is 4.37. The van der Waals surface area contributed by atoms with Gasteiger partial charge in [0.25, 0.3) is 0 Å². The fraction of sp³-hybridized carbons (Fsp3) is 0.250. The molecule has 0 atom stereocenters. The van der Waals surface area contributed by atoms with Gasteiger partial charge in [0.05, 0.1) is 18.5 Å². The topological polar surface area (TPSA) is 60.2 Å². The summed E-state index contributed by atoms with van der Waals surface area (Å²) >= 11 is 0. The molecule has 0 amide bonds. The summed E-state index contributed by atoms with van der Waals surface area (Å²) in [4.78, 5) is 4.57. The summed E-state index contributed by atoms with van der Waals surface area (Å²) < 4.78 is 5.29. The number of hydrogen-bond donors (Lipinski definition) is 2. The molecule has 0 aliphatic heterocycles. The van der Waals surface area contributed by atoms with E-state index in [-0.39, 0.29) is 0 Å². The molecule has 0 saturated heterocycles. The second-order valence-corrected chi connectivity index (χ2v) is 3.51. The number of hydrazine groups is 1. The first-order valence-electron chi connectivity index (χ1n) is 5.23. The van der Waals surface area contributed by atoms with Crippen LogP contribution in [0, 0.1) is 0 Å². The lowest BCUT2D eigenvalue weighted by molar-refractivity contribution is 0.419. The zero-order valence-electron chi connectivity index (χ0n) is 9.45. The van der Waals surface area contributed by atoms with Crippen LogP contribution >= 0.6 is 0 Å². The summed E-state index contributed by atoms with van der Waals surface area (Å²) in [5.41, 5.74) is 5.36. The molecule has 1 aromatic carbocycles. The van der Waals surface area contributed by atoms with Crippen LogP contribution in [-0.4, -0.2) is 12.1 Å². The molecule has 16 heavy (non-hydrogen) atoms. The Morgan fingerprint density at radius 3 is 2.88 bits per heavy atom. The number of para-hydroxylation sites is 1. The number of methoxy groups -OCH3 is 1. The molecule has 0 spiro atoms. The Balaban J connectivity index is 2.72. The van der Waals surface area contributed by atoms with E-state index in [0.717, 1.165) is 34.5 Å². The first-order chi connectivity index (χ1) is 7.80. The number of ether oxygens (including phenoxy) is 1. The summed E-state index contributed by atoms with van der Waals surface area (Å²) in [7, 11) is 1.65. The summed E-state index contributed by atoms with van der Waals surface area (Å²) in [5.74, 6) is 6.25. The quantitative estimate of drug-likeness (QED) is 0.610. The number of fused-ring (bicyclic) bond motifs is 1. The Morgan fingerprint density at radius 1 is 1.44 bits per heavy atom. The Bertz CT molecular complexity index is 511. The normalized spacial score (nSPS) is 10.4. The number of aromatic nitrogens is 1. The van der Waals surface area contributed by atoms with E-state index in [1.165, 1.54) is 0 Å². The summed E-state index contributed by atoms with van der Waals surface area (Å²) in [6.45, 7) is 2.05. The molecule has 0 aliphatic rings. The fourth-order valence-electron chi connectivity index (χ4n) is 1.77. The minimum absolute atomic E-state index is 0.788. The standard InChI is InChI=1S/C12H15N3O/c1-3-9-10(15-13)7-8-5-4-6-11(16-2)12(8)14-9/h4-7,15H,3,13H2,1-2H3. The third-order valence-corrected chi connectivity index (χ3v) is 2.60.